The molecule has 0 saturated heterocycles. The monoisotopic (exact) mass is 327 g/mol. The Balaban J connectivity index is 2.33. The molecule has 0 spiro atoms. The van der Waals surface area contributed by atoms with Crippen LogP contribution in [0.25, 0.3) is 0 Å². The van der Waals surface area contributed by atoms with Crippen molar-refractivity contribution in [3.63, 3.8) is 0 Å². The number of sulfonamides is 1. The van der Waals surface area contributed by atoms with Crippen LogP contribution in [0.1, 0.15) is 5.69 Å². The predicted octanol–water partition coefficient (Wildman–Crippen LogP) is 2.35. The second kappa shape index (κ2) is 5.03. The molecule has 7 heteroatoms. The summed E-state index contributed by atoms with van der Waals surface area (Å²) in [6, 6.07) is 8.11. The molecule has 1 aromatic carbocycles. The first-order chi connectivity index (χ1) is 8.47. The van der Waals surface area contributed by atoms with Crippen LogP contribution < -0.4 is 4.72 Å². The van der Waals surface area contributed by atoms with Crippen molar-refractivity contribution >= 4 is 31.9 Å². The second-order valence-corrected chi connectivity index (χ2v) is 6.18. The molecule has 0 bridgehead atoms. The van der Waals surface area contributed by atoms with Crippen LogP contribution in [0.5, 0.6) is 0 Å². The molecule has 18 heavy (non-hydrogen) atoms. The first-order valence-electron chi connectivity index (χ1n) is 5.05. The number of rotatable bonds is 3. The van der Waals surface area contributed by atoms with E-state index in [0.29, 0.717) is 10.2 Å². The van der Waals surface area contributed by atoms with E-state index in [2.05, 4.69) is 30.6 Å². The van der Waals surface area contributed by atoms with Gasteiger partial charge in [0.05, 0.1) is 4.90 Å². The Labute approximate surface area is 113 Å². The number of aryl methyl sites for hydroxylation is 1. The van der Waals surface area contributed by atoms with Gasteiger partial charge in [0, 0.05) is 16.4 Å². The highest BCUT2D eigenvalue weighted by molar-refractivity contribution is 9.10. The zero-order valence-corrected chi connectivity index (χ0v) is 11.9. The van der Waals surface area contributed by atoms with E-state index in [9.17, 15) is 8.42 Å². The van der Waals surface area contributed by atoms with E-state index in [-0.39, 0.29) is 10.8 Å². The van der Waals surface area contributed by atoms with Crippen LogP contribution in [0.15, 0.2) is 45.9 Å². The predicted molar refractivity (Wildman–Crippen MR) is 71.7 cm³/mol. The van der Waals surface area contributed by atoms with E-state index >= 15 is 0 Å². The fraction of sp³-hybridized carbons (Fsp3) is 0.0909. The van der Waals surface area contributed by atoms with Crippen molar-refractivity contribution in [2.24, 2.45) is 0 Å². The van der Waals surface area contributed by atoms with Crippen molar-refractivity contribution in [3.8, 4) is 0 Å². The lowest BCUT2D eigenvalue weighted by molar-refractivity contribution is 0.600. The maximum Gasteiger partial charge on any atom is 0.264 e. The van der Waals surface area contributed by atoms with Crippen molar-refractivity contribution in [1.29, 1.82) is 0 Å². The van der Waals surface area contributed by atoms with Crippen molar-refractivity contribution in [2.75, 3.05) is 4.72 Å². The summed E-state index contributed by atoms with van der Waals surface area (Å²) in [6.45, 7) is 1.76. The average molecular weight is 328 g/mol. The summed E-state index contributed by atoms with van der Waals surface area (Å²) in [5.41, 5.74) is 0.692. The minimum atomic E-state index is -3.66. The lowest BCUT2D eigenvalue weighted by atomic mass is 10.4. The van der Waals surface area contributed by atoms with Crippen LogP contribution >= 0.6 is 15.9 Å². The molecule has 1 heterocycles. The molecule has 0 saturated carbocycles. The molecule has 2 aromatic rings. The summed E-state index contributed by atoms with van der Waals surface area (Å²) in [7, 11) is -3.66. The van der Waals surface area contributed by atoms with Gasteiger partial charge in [0.1, 0.15) is 0 Å². The van der Waals surface area contributed by atoms with Crippen LogP contribution in [-0.2, 0) is 10.0 Å². The van der Waals surface area contributed by atoms with E-state index in [1.807, 2.05) is 0 Å². The Bertz CT molecular complexity index is 673. The first kappa shape index (κ1) is 13.0. The summed E-state index contributed by atoms with van der Waals surface area (Å²) in [6.07, 6.45) is 1.50. The standard InChI is InChI=1S/C11H10BrN3O2S/c1-8-5-6-13-11(14-8)15-18(16,17)10-4-2-3-9(12)7-10/h2-7H,1H3,(H,13,14,15). The number of benzene rings is 1. The molecule has 0 amide bonds. The SMILES string of the molecule is Cc1ccnc(NS(=O)(=O)c2cccc(Br)c2)n1. The summed E-state index contributed by atoms with van der Waals surface area (Å²) >= 11 is 3.23. The van der Waals surface area contributed by atoms with Crippen LogP contribution in [0.4, 0.5) is 5.95 Å². The van der Waals surface area contributed by atoms with E-state index in [4.69, 9.17) is 0 Å². The fourth-order valence-corrected chi connectivity index (χ4v) is 2.86. The van der Waals surface area contributed by atoms with Crippen LogP contribution in [-0.4, -0.2) is 18.4 Å². The molecular formula is C11H10BrN3O2S. The number of aromatic nitrogens is 2. The summed E-state index contributed by atoms with van der Waals surface area (Å²) in [4.78, 5) is 8.01. The highest BCUT2D eigenvalue weighted by Crippen LogP contribution is 2.17. The molecule has 0 aliphatic carbocycles. The van der Waals surface area contributed by atoms with Gasteiger partial charge in [-0.15, -0.1) is 0 Å². The van der Waals surface area contributed by atoms with Crippen molar-refractivity contribution in [3.05, 3.63) is 46.7 Å². The van der Waals surface area contributed by atoms with Gasteiger partial charge >= 0.3 is 0 Å². The van der Waals surface area contributed by atoms with Gasteiger partial charge < -0.3 is 0 Å². The van der Waals surface area contributed by atoms with Gasteiger partial charge in [0.25, 0.3) is 10.0 Å². The lowest BCUT2D eigenvalue weighted by Crippen LogP contribution is -2.15. The molecule has 2 rings (SSSR count). The molecule has 1 N–H and O–H groups in total. The summed E-state index contributed by atoms with van der Waals surface area (Å²) in [5, 5.41) is 0. The lowest BCUT2D eigenvalue weighted by Gasteiger charge is -2.06. The molecule has 0 aliphatic rings. The molecule has 0 unspecified atom stereocenters. The maximum absolute atomic E-state index is 12.1. The largest absolute Gasteiger partial charge is 0.264 e. The van der Waals surface area contributed by atoms with E-state index in [1.165, 1.54) is 18.3 Å². The zero-order valence-electron chi connectivity index (χ0n) is 9.46. The molecule has 94 valence electrons. The van der Waals surface area contributed by atoms with E-state index in [1.54, 1.807) is 25.1 Å². The number of halogens is 1. The van der Waals surface area contributed by atoms with Gasteiger partial charge in [-0.1, -0.05) is 22.0 Å². The number of hydrogen-bond acceptors (Lipinski definition) is 4. The summed E-state index contributed by atoms with van der Waals surface area (Å²) in [5.74, 6) is 0.0648. The minimum Gasteiger partial charge on any atom is -0.247 e. The van der Waals surface area contributed by atoms with E-state index in [0.717, 1.165) is 0 Å². The quantitative estimate of drug-likeness (QED) is 0.939. The van der Waals surface area contributed by atoms with Crippen LogP contribution in [0.3, 0.4) is 0 Å². The highest BCUT2D eigenvalue weighted by Gasteiger charge is 2.15. The molecular weight excluding hydrogens is 318 g/mol. The number of nitrogens with one attached hydrogen (secondary N) is 1. The first-order valence-corrected chi connectivity index (χ1v) is 7.33. The molecule has 0 aliphatic heterocycles. The Kier molecular flexibility index (Phi) is 3.63. The molecule has 0 radical (unpaired) electrons. The Morgan fingerprint density at radius 3 is 2.72 bits per heavy atom. The third-order valence-corrected chi connectivity index (χ3v) is 3.95. The van der Waals surface area contributed by atoms with Crippen LogP contribution in [0.2, 0.25) is 0 Å². The molecule has 5 nitrogen and oxygen atoms in total. The average Bonchev–Trinajstić information content (AvgIpc) is 2.28. The third-order valence-electron chi connectivity index (χ3n) is 2.13. The van der Waals surface area contributed by atoms with E-state index < -0.39 is 10.0 Å². The highest BCUT2D eigenvalue weighted by atomic mass is 79.9. The number of anilines is 1. The van der Waals surface area contributed by atoms with Crippen molar-refractivity contribution < 1.29 is 8.42 Å². The Hall–Kier alpha value is -1.47. The van der Waals surface area contributed by atoms with Gasteiger partial charge in [-0.2, -0.15) is 0 Å². The minimum absolute atomic E-state index is 0.0648. The normalized spacial score (nSPS) is 11.2. The molecule has 1 aromatic heterocycles. The zero-order chi connectivity index (χ0) is 13.2. The number of hydrogen-bond donors (Lipinski definition) is 1. The van der Waals surface area contributed by atoms with Gasteiger partial charge in [0.15, 0.2) is 0 Å². The smallest absolute Gasteiger partial charge is 0.247 e. The topological polar surface area (TPSA) is 72.0 Å². The Morgan fingerprint density at radius 2 is 2.06 bits per heavy atom. The second-order valence-electron chi connectivity index (χ2n) is 3.58. The summed E-state index contributed by atoms with van der Waals surface area (Å²) < 4.78 is 27.1. The van der Waals surface area contributed by atoms with Gasteiger partial charge in [0.2, 0.25) is 5.95 Å². The number of nitrogens with zero attached hydrogens (tertiary/aromatic N) is 2. The van der Waals surface area contributed by atoms with Gasteiger partial charge in [-0.05, 0) is 31.2 Å². The van der Waals surface area contributed by atoms with Crippen molar-refractivity contribution in [1.82, 2.24) is 9.97 Å². The third kappa shape index (κ3) is 3.05. The molecule has 0 fully saturated rings. The van der Waals surface area contributed by atoms with Crippen LogP contribution in [0, 0.1) is 6.92 Å². The molecule has 0 atom stereocenters. The maximum atomic E-state index is 12.1. The Morgan fingerprint density at radius 1 is 1.28 bits per heavy atom. The fourth-order valence-electron chi connectivity index (χ4n) is 1.31. The van der Waals surface area contributed by atoms with Crippen molar-refractivity contribution in [2.45, 2.75) is 11.8 Å². The van der Waals surface area contributed by atoms with Gasteiger partial charge in [-0.25, -0.2) is 23.1 Å². The van der Waals surface area contributed by atoms with Gasteiger partial charge in [-0.3, -0.25) is 0 Å².